The Kier molecular flexibility index (Phi) is 3.37. The van der Waals surface area contributed by atoms with E-state index in [1.165, 1.54) is 11.5 Å². The summed E-state index contributed by atoms with van der Waals surface area (Å²) in [7, 11) is 0. The number of carbonyl (C=O) groups is 1. The standard InChI is InChI=1S/C10H12N4O3S/c1-10(2,4-8(15)16)3-7-12-13-9(17-7)6-5-18-14-11-6/h5H,3-4H2,1-2H3,(H,15,16). The minimum absolute atomic E-state index is 0.0446. The van der Waals surface area contributed by atoms with Crippen molar-refractivity contribution in [3.63, 3.8) is 0 Å². The number of aliphatic carboxylic acids is 1. The van der Waals surface area contributed by atoms with Crippen molar-refractivity contribution in [1.29, 1.82) is 0 Å². The molecule has 2 heterocycles. The second-order valence-electron chi connectivity index (χ2n) is 4.70. The molecule has 0 radical (unpaired) electrons. The maximum atomic E-state index is 10.7. The van der Waals surface area contributed by atoms with Crippen LogP contribution < -0.4 is 0 Å². The van der Waals surface area contributed by atoms with Crippen molar-refractivity contribution in [2.24, 2.45) is 5.41 Å². The van der Waals surface area contributed by atoms with Crippen molar-refractivity contribution in [3.8, 4) is 11.6 Å². The number of hydrogen-bond donors (Lipinski definition) is 1. The maximum absolute atomic E-state index is 10.7. The van der Waals surface area contributed by atoms with Crippen LogP contribution in [0.25, 0.3) is 11.6 Å². The third-order valence-corrected chi connectivity index (χ3v) is 2.81. The Balaban J connectivity index is 2.09. The minimum atomic E-state index is -0.844. The zero-order valence-corrected chi connectivity index (χ0v) is 10.8. The SMILES string of the molecule is CC(C)(CC(=O)O)Cc1nnc(-c2csnn2)o1. The quantitative estimate of drug-likeness (QED) is 0.879. The highest BCUT2D eigenvalue weighted by Gasteiger charge is 2.25. The summed E-state index contributed by atoms with van der Waals surface area (Å²) in [6.45, 7) is 3.69. The number of nitrogens with zero attached hydrogens (tertiary/aromatic N) is 4. The van der Waals surface area contributed by atoms with Gasteiger partial charge in [-0.3, -0.25) is 4.79 Å². The molecule has 0 atom stereocenters. The molecule has 0 saturated heterocycles. The molecule has 96 valence electrons. The molecule has 0 aliphatic rings. The lowest BCUT2D eigenvalue weighted by molar-refractivity contribution is -0.139. The molecule has 0 spiro atoms. The molecule has 0 amide bonds. The van der Waals surface area contributed by atoms with Crippen LogP contribution in [0, 0.1) is 5.41 Å². The van der Waals surface area contributed by atoms with Gasteiger partial charge >= 0.3 is 5.97 Å². The van der Waals surface area contributed by atoms with Gasteiger partial charge in [0.05, 0.1) is 6.42 Å². The van der Waals surface area contributed by atoms with Crippen LogP contribution in [-0.4, -0.2) is 30.9 Å². The third-order valence-electron chi connectivity index (χ3n) is 2.31. The Labute approximate surface area is 107 Å². The topological polar surface area (TPSA) is 102 Å². The lowest BCUT2D eigenvalue weighted by Crippen LogP contribution is -2.19. The van der Waals surface area contributed by atoms with Gasteiger partial charge < -0.3 is 9.52 Å². The van der Waals surface area contributed by atoms with E-state index in [9.17, 15) is 4.79 Å². The van der Waals surface area contributed by atoms with Gasteiger partial charge in [0.1, 0.15) is 0 Å². The van der Waals surface area contributed by atoms with Gasteiger partial charge in [-0.2, -0.15) is 0 Å². The first-order valence-electron chi connectivity index (χ1n) is 5.28. The molecule has 0 aliphatic carbocycles. The molecule has 0 fully saturated rings. The van der Waals surface area contributed by atoms with Gasteiger partial charge in [0.25, 0.3) is 5.89 Å². The molecule has 8 heteroatoms. The first kappa shape index (κ1) is 12.6. The number of aromatic nitrogens is 4. The highest BCUT2D eigenvalue weighted by atomic mass is 32.1. The van der Waals surface area contributed by atoms with E-state index in [0.717, 1.165) is 0 Å². The summed E-state index contributed by atoms with van der Waals surface area (Å²) in [5.74, 6) is -0.127. The summed E-state index contributed by atoms with van der Waals surface area (Å²) < 4.78 is 9.14. The highest BCUT2D eigenvalue weighted by molar-refractivity contribution is 7.03. The van der Waals surface area contributed by atoms with Crippen LogP contribution in [0.1, 0.15) is 26.2 Å². The Hall–Kier alpha value is -1.83. The zero-order valence-electron chi connectivity index (χ0n) is 9.95. The van der Waals surface area contributed by atoms with Crippen molar-refractivity contribution >= 4 is 17.5 Å². The molecule has 7 nitrogen and oxygen atoms in total. The van der Waals surface area contributed by atoms with Crippen LogP contribution >= 0.6 is 11.5 Å². The average molecular weight is 268 g/mol. The molecule has 2 aromatic heterocycles. The van der Waals surface area contributed by atoms with Crippen molar-refractivity contribution in [3.05, 3.63) is 11.3 Å². The number of carboxylic acid groups (broad SMARTS) is 1. The Morgan fingerprint density at radius 1 is 1.44 bits per heavy atom. The lowest BCUT2D eigenvalue weighted by atomic mass is 9.86. The lowest BCUT2D eigenvalue weighted by Gasteiger charge is -2.19. The summed E-state index contributed by atoms with van der Waals surface area (Å²) >= 11 is 1.20. The highest BCUT2D eigenvalue weighted by Crippen LogP contribution is 2.26. The summed E-state index contributed by atoms with van der Waals surface area (Å²) in [4.78, 5) is 10.7. The fourth-order valence-corrected chi connectivity index (χ4v) is 2.00. The van der Waals surface area contributed by atoms with Crippen LogP contribution in [0.2, 0.25) is 0 Å². The molecule has 2 aromatic rings. The Morgan fingerprint density at radius 3 is 2.83 bits per heavy atom. The van der Waals surface area contributed by atoms with E-state index in [-0.39, 0.29) is 6.42 Å². The predicted molar refractivity (Wildman–Crippen MR) is 62.9 cm³/mol. The Morgan fingerprint density at radius 2 is 2.22 bits per heavy atom. The molecule has 0 unspecified atom stereocenters. The summed E-state index contributed by atoms with van der Waals surface area (Å²) in [6.07, 6.45) is 0.451. The molecule has 0 aromatic carbocycles. The number of hydrogen-bond acceptors (Lipinski definition) is 7. The summed E-state index contributed by atoms with van der Waals surface area (Å²) in [5.41, 5.74) is 0.102. The Bertz CT molecular complexity index is 535. The second kappa shape index (κ2) is 4.81. The molecule has 18 heavy (non-hydrogen) atoms. The number of carboxylic acids is 1. The van der Waals surface area contributed by atoms with Crippen molar-refractivity contribution in [1.82, 2.24) is 19.8 Å². The van der Waals surface area contributed by atoms with Crippen LogP contribution in [-0.2, 0) is 11.2 Å². The van der Waals surface area contributed by atoms with Crippen molar-refractivity contribution in [2.75, 3.05) is 0 Å². The fourth-order valence-electron chi connectivity index (χ4n) is 1.57. The predicted octanol–water partition coefficient (Wildman–Crippen LogP) is 1.63. The van der Waals surface area contributed by atoms with Gasteiger partial charge in [-0.1, -0.05) is 18.3 Å². The van der Waals surface area contributed by atoms with Gasteiger partial charge in [0.15, 0.2) is 5.69 Å². The zero-order chi connectivity index (χ0) is 13.2. The summed E-state index contributed by atoms with van der Waals surface area (Å²) in [6, 6.07) is 0. The number of rotatable bonds is 5. The maximum Gasteiger partial charge on any atom is 0.303 e. The normalized spacial score (nSPS) is 11.7. The van der Waals surface area contributed by atoms with Crippen molar-refractivity contribution < 1.29 is 14.3 Å². The van der Waals surface area contributed by atoms with Crippen LogP contribution in [0.4, 0.5) is 0 Å². The van der Waals surface area contributed by atoms with E-state index in [2.05, 4.69) is 19.8 Å². The van der Waals surface area contributed by atoms with E-state index in [4.69, 9.17) is 9.52 Å². The molecule has 0 aliphatic heterocycles. The van der Waals surface area contributed by atoms with E-state index in [0.29, 0.717) is 23.9 Å². The minimum Gasteiger partial charge on any atom is -0.481 e. The first-order valence-corrected chi connectivity index (χ1v) is 6.11. The molecule has 1 N–H and O–H groups in total. The van der Waals surface area contributed by atoms with Crippen LogP contribution in [0.3, 0.4) is 0 Å². The summed E-state index contributed by atoms with van der Waals surface area (Å²) in [5, 5.41) is 22.1. The third kappa shape index (κ3) is 3.10. The van der Waals surface area contributed by atoms with E-state index < -0.39 is 11.4 Å². The van der Waals surface area contributed by atoms with Crippen LogP contribution in [0.5, 0.6) is 0 Å². The van der Waals surface area contributed by atoms with Gasteiger partial charge in [0, 0.05) is 11.8 Å². The molecule has 0 saturated carbocycles. The molecule has 2 rings (SSSR count). The molecular weight excluding hydrogens is 256 g/mol. The van der Waals surface area contributed by atoms with Gasteiger partial charge in [-0.15, -0.1) is 15.3 Å². The largest absolute Gasteiger partial charge is 0.481 e. The fraction of sp³-hybridized carbons (Fsp3) is 0.500. The second-order valence-corrected chi connectivity index (χ2v) is 5.31. The average Bonchev–Trinajstić information content (AvgIpc) is 2.82. The monoisotopic (exact) mass is 268 g/mol. The van der Waals surface area contributed by atoms with E-state index in [1.54, 1.807) is 5.38 Å². The van der Waals surface area contributed by atoms with Gasteiger partial charge in [0.2, 0.25) is 5.89 Å². The first-order chi connectivity index (χ1) is 8.46. The molecule has 0 bridgehead atoms. The van der Waals surface area contributed by atoms with Crippen molar-refractivity contribution in [2.45, 2.75) is 26.7 Å². The van der Waals surface area contributed by atoms with E-state index >= 15 is 0 Å². The molecular formula is C10H12N4O3S. The van der Waals surface area contributed by atoms with E-state index in [1.807, 2.05) is 13.8 Å². The van der Waals surface area contributed by atoms with Gasteiger partial charge in [-0.25, -0.2) is 0 Å². The smallest absolute Gasteiger partial charge is 0.303 e. The van der Waals surface area contributed by atoms with Crippen LogP contribution in [0.15, 0.2) is 9.80 Å². The van der Waals surface area contributed by atoms with Gasteiger partial charge in [-0.05, 0) is 16.9 Å².